The third kappa shape index (κ3) is 9.38. The number of hydrogen-bond acceptors (Lipinski definition) is 1. The second-order valence-electron chi connectivity index (χ2n) is 3.70. The molecule has 0 atom stereocenters. The lowest BCUT2D eigenvalue weighted by molar-refractivity contribution is -0.137. The molecule has 0 fully saturated rings. The third-order valence-corrected chi connectivity index (χ3v) is 2.27. The van der Waals surface area contributed by atoms with Crippen molar-refractivity contribution in [3.8, 4) is 0 Å². The van der Waals surface area contributed by atoms with Crippen LogP contribution in [0, 0.1) is 0 Å². The van der Waals surface area contributed by atoms with Crippen molar-refractivity contribution in [1.82, 2.24) is 0 Å². The summed E-state index contributed by atoms with van der Waals surface area (Å²) in [6, 6.07) is 0. The number of aliphatic carboxylic acids is 1. The monoisotopic (exact) mass is 220 g/mol. The van der Waals surface area contributed by atoms with Crippen molar-refractivity contribution in [3.05, 3.63) is 11.7 Å². The van der Waals surface area contributed by atoms with E-state index in [-0.39, 0.29) is 12.0 Å². The Labute approximate surface area is 89.0 Å². The SMILES string of the molecule is CC(CCCCCCCC(=O)O)=C(F)F. The van der Waals surface area contributed by atoms with Gasteiger partial charge in [-0.1, -0.05) is 19.3 Å². The van der Waals surface area contributed by atoms with Gasteiger partial charge in [-0.15, -0.1) is 0 Å². The molecule has 0 spiro atoms. The van der Waals surface area contributed by atoms with Crippen molar-refractivity contribution in [2.24, 2.45) is 0 Å². The minimum Gasteiger partial charge on any atom is -0.481 e. The molecule has 0 saturated carbocycles. The molecule has 0 bridgehead atoms. The molecular weight excluding hydrogens is 202 g/mol. The predicted molar refractivity (Wildman–Crippen MR) is 54.9 cm³/mol. The van der Waals surface area contributed by atoms with Gasteiger partial charge in [0.25, 0.3) is 6.08 Å². The van der Waals surface area contributed by atoms with Gasteiger partial charge in [-0.2, -0.15) is 8.78 Å². The molecule has 0 aromatic heterocycles. The molecule has 88 valence electrons. The minimum absolute atomic E-state index is 0.167. The Kier molecular flexibility index (Phi) is 7.86. The van der Waals surface area contributed by atoms with E-state index in [2.05, 4.69) is 0 Å². The number of rotatable bonds is 8. The molecular formula is C11H18F2O2. The van der Waals surface area contributed by atoms with Crippen LogP contribution in [0.2, 0.25) is 0 Å². The molecule has 0 aromatic rings. The zero-order valence-electron chi connectivity index (χ0n) is 9.06. The van der Waals surface area contributed by atoms with E-state index in [1.165, 1.54) is 6.92 Å². The smallest absolute Gasteiger partial charge is 0.303 e. The molecule has 0 radical (unpaired) electrons. The fourth-order valence-corrected chi connectivity index (χ4v) is 1.29. The Morgan fingerprint density at radius 2 is 1.47 bits per heavy atom. The lowest BCUT2D eigenvalue weighted by atomic mass is 10.1. The molecule has 4 heteroatoms. The summed E-state index contributed by atoms with van der Waals surface area (Å²) in [7, 11) is 0. The molecule has 0 amide bonds. The number of carbonyl (C=O) groups is 1. The van der Waals surface area contributed by atoms with Gasteiger partial charge in [-0.3, -0.25) is 4.79 Å². The van der Waals surface area contributed by atoms with Crippen molar-refractivity contribution < 1.29 is 18.7 Å². The number of hydrogen-bond donors (Lipinski definition) is 1. The molecule has 0 aliphatic carbocycles. The summed E-state index contributed by atoms with van der Waals surface area (Å²) in [6.07, 6.45) is 3.21. The first-order valence-electron chi connectivity index (χ1n) is 5.26. The average molecular weight is 220 g/mol. The van der Waals surface area contributed by atoms with Crippen LogP contribution >= 0.6 is 0 Å². The lowest BCUT2D eigenvalue weighted by Gasteiger charge is -2.00. The Morgan fingerprint density at radius 1 is 1.00 bits per heavy atom. The van der Waals surface area contributed by atoms with Gasteiger partial charge < -0.3 is 5.11 Å². The van der Waals surface area contributed by atoms with Gasteiger partial charge in [0.15, 0.2) is 0 Å². The van der Waals surface area contributed by atoms with Crippen LogP contribution in [0.15, 0.2) is 11.7 Å². The number of carboxylic acid groups (broad SMARTS) is 1. The summed E-state index contributed by atoms with van der Waals surface area (Å²) in [4.78, 5) is 10.2. The third-order valence-electron chi connectivity index (χ3n) is 2.27. The highest BCUT2D eigenvalue weighted by atomic mass is 19.3. The first-order chi connectivity index (χ1) is 7.04. The van der Waals surface area contributed by atoms with Crippen LogP contribution < -0.4 is 0 Å². The summed E-state index contributed by atoms with van der Waals surface area (Å²) >= 11 is 0. The van der Waals surface area contributed by atoms with E-state index in [9.17, 15) is 13.6 Å². The van der Waals surface area contributed by atoms with Crippen LogP contribution in [0.25, 0.3) is 0 Å². The van der Waals surface area contributed by atoms with E-state index >= 15 is 0 Å². The average Bonchev–Trinajstić information content (AvgIpc) is 2.15. The molecule has 0 saturated heterocycles. The Balaban J connectivity index is 3.26. The predicted octanol–water partition coefficient (Wildman–Crippen LogP) is 3.97. The Morgan fingerprint density at radius 3 is 1.93 bits per heavy atom. The quantitative estimate of drug-likeness (QED) is 0.628. The molecule has 0 rings (SSSR count). The van der Waals surface area contributed by atoms with Crippen LogP contribution in [0.5, 0.6) is 0 Å². The molecule has 0 heterocycles. The van der Waals surface area contributed by atoms with E-state index in [0.29, 0.717) is 12.8 Å². The van der Waals surface area contributed by atoms with Crippen LogP contribution in [-0.2, 0) is 4.79 Å². The second kappa shape index (κ2) is 8.38. The van der Waals surface area contributed by atoms with Gasteiger partial charge >= 0.3 is 5.97 Å². The van der Waals surface area contributed by atoms with Crippen LogP contribution in [0.3, 0.4) is 0 Å². The van der Waals surface area contributed by atoms with Gasteiger partial charge in [-0.25, -0.2) is 0 Å². The highest BCUT2D eigenvalue weighted by Crippen LogP contribution is 2.15. The van der Waals surface area contributed by atoms with Crippen LogP contribution in [-0.4, -0.2) is 11.1 Å². The maximum Gasteiger partial charge on any atom is 0.303 e. The van der Waals surface area contributed by atoms with Gasteiger partial charge in [0.2, 0.25) is 0 Å². The van der Waals surface area contributed by atoms with Crippen molar-refractivity contribution in [2.75, 3.05) is 0 Å². The zero-order chi connectivity index (χ0) is 11.7. The van der Waals surface area contributed by atoms with Gasteiger partial charge in [0.1, 0.15) is 0 Å². The maximum absolute atomic E-state index is 12.0. The van der Waals surface area contributed by atoms with E-state index in [4.69, 9.17) is 5.11 Å². The minimum atomic E-state index is -1.57. The molecule has 15 heavy (non-hydrogen) atoms. The molecule has 1 N–H and O–H groups in total. The fourth-order valence-electron chi connectivity index (χ4n) is 1.29. The Hall–Kier alpha value is -0.930. The molecule has 0 aromatic carbocycles. The van der Waals surface area contributed by atoms with Crippen LogP contribution in [0.1, 0.15) is 51.9 Å². The van der Waals surface area contributed by atoms with Crippen molar-refractivity contribution in [1.29, 1.82) is 0 Å². The first-order valence-corrected chi connectivity index (χ1v) is 5.26. The second-order valence-corrected chi connectivity index (χ2v) is 3.70. The molecule has 0 aliphatic heterocycles. The maximum atomic E-state index is 12.0. The van der Waals surface area contributed by atoms with E-state index < -0.39 is 12.0 Å². The fraction of sp³-hybridized carbons (Fsp3) is 0.727. The summed E-state index contributed by atoms with van der Waals surface area (Å²) in [5.74, 6) is -0.770. The topological polar surface area (TPSA) is 37.3 Å². The van der Waals surface area contributed by atoms with Gasteiger partial charge in [0.05, 0.1) is 0 Å². The summed E-state index contributed by atoms with van der Waals surface area (Å²) < 4.78 is 23.9. The molecule has 2 nitrogen and oxygen atoms in total. The number of halogens is 2. The molecule has 0 aliphatic rings. The first kappa shape index (κ1) is 14.1. The van der Waals surface area contributed by atoms with Crippen molar-refractivity contribution >= 4 is 5.97 Å². The summed E-state index contributed by atoms with van der Waals surface area (Å²) in [6.45, 7) is 1.44. The standard InChI is InChI=1S/C11H18F2O2/c1-9(11(12)13)7-5-3-2-4-6-8-10(14)15/h2-8H2,1H3,(H,14,15). The highest BCUT2D eigenvalue weighted by molar-refractivity contribution is 5.66. The van der Waals surface area contributed by atoms with Crippen molar-refractivity contribution in [2.45, 2.75) is 51.9 Å². The number of unbranched alkanes of at least 4 members (excludes halogenated alkanes) is 4. The Bertz CT molecular complexity index is 221. The largest absolute Gasteiger partial charge is 0.481 e. The number of allylic oxidation sites excluding steroid dienone is 1. The molecule has 0 unspecified atom stereocenters. The normalized spacial score (nSPS) is 10.1. The van der Waals surface area contributed by atoms with E-state index in [1.807, 2.05) is 0 Å². The lowest BCUT2D eigenvalue weighted by Crippen LogP contribution is -1.93. The van der Waals surface area contributed by atoms with Gasteiger partial charge in [-0.05, 0) is 31.8 Å². The van der Waals surface area contributed by atoms with E-state index in [0.717, 1.165) is 25.7 Å². The van der Waals surface area contributed by atoms with E-state index in [1.54, 1.807) is 0 Å². The summed E-state index contributed by atoms with van der Waals surface area (Å²) in [5.41, 5.74) is 0.167. The van der Waals surface area contributed by atoms with Gasteiger partial charge in [0, 0.05) is 6.42 Å². The summed E-state index contributed by atoms with van der Waals surface area (Å²) in [5, 5.41) is 8.36. The van der Waals surface area contributed by atoms with Crippen LogP contribution in [0.4, 0.5) is 8.78 Å². The highest BCUT2D eigenvalue weighted by Gasteiger charge is 2.00. The number of carboxylic acids is 1. The zero-order valence-corrected chi connectivity index (χ0v) is 9.06. The van der Waals surface area contributed by atoms with Crippen molar-refractivity contribution in [3.63, 3.8) is 0 Å².